The highest BCUT2D eigenvalue weighted by molar-refractivity contribution is 7.77. The van der Waals surface area contributed by atoms with Gasteiger partial charge in [0.15, 0.2) is 0 Å². The highest BCUT2D eigenvalue weighted by Gasteiger charge is 2.42. The van der Waals surface area contributed by atoms with E-state index in [1.807, 2.05) is 0 Å². The maximum atomic E-state index is 6.34. The number of ether oxygens (including phenoxy) is 1. The number of hydrogen-bond donors (Lipinski definition) is 0. The van der Waals surface area contributed by atoms with Crippen LogP contribution in [0, 0.1) is 0 Å². The minimum atomic E-state index is -1.22. The second-order valence-corrected chi connectivity index (χ2v) is 14.8. The Hall–Kier alpha value is -0.680. The first-order valence-electron chi connectivity index (χ1n) is 13.2. The first-order chi connectivity index (χ1) is 14.7. The average molecular weight is 429 g/mol. The van der Waals surface area contributed by atoms with Gasteiger partial charge in [-0.1, -0.05) is 88.7 Å². The van der Waals surface area contributed by atoms with Crippen LogP contribution in [0.3, 0.4) is 0 Å². The van der Waals surface area contributed by atoms with Crippen molar-refractivity contribution in [2.75, 3.05) is 0 Å². The third-order valence-corrected chi connectivity index (χ3v) is 14.3. The van der Waals surface area contributed by atoms with Gasteiger partial charge < -0.3 is 4.74 Å². The van der Waals surface area contributed by atoms with E-state index in [1.165, 1.54) is 102 Å². The minimum Gasteiger partial charge on any atom is -0.490 e. The van der Waals surface area contributed by atoms with Crippen LogP contribution in [-0.2, 0) is 0 Å². The zero-order valence-corrected chi connectivity index (χ0v) is 20.6. The molecule has 0 heterocycles. The lowest BCUT2D eigenvalue weighted by molar-refractivity contribution is 0.242. The van der Waals surface area contributed by atoms with Crippen LogP contribution in [0.25, 0.3) is 0 Å². The standard InChI is InChI=1S/C28H45OP/c1-23(2)29-28-21-13-12-14-24(28)22-30(25-15-6-3-7-16-25,26-17-8-4-9-18-26)27-19-10-5-11-20-27/h12-14,21-23,25-27H,3-11,15-20H2,1-2H3. The van der Waals surface area contributed by atoms with Crippen LogP contribution in [0.2, 0.25) is 0 Å². The Labute approximate surface area is 186 Å². The smallest absolute Gasteiger partial charge is 0.126 e. The summed E-state index contributed by atoms with van der Waals surface area (Å²) < 4.78 is 6.34. The summed E-state index contributed by atoms with van der Waals surface area (Å²) in [5.41, 5.74) is 4.40. The quantitative estimate of drug-likeness (QED) is 0.412. The second-order valence-electron chi connectivity index (χ2n) is 10.6. The van der Waals surface area contributed by atoms with Gasteiger partial charge in [-0.3, -0.25) is 0 Å². The van der Waals surface area contributed by atoms with Crippen molar-refractivity contribution in [3.05, 3.63) is 29.8 Å². The predicted octanol–water partition coefficient (Wildman–Crippen LogP) is 8.64. The van der Waals surface area contributed by atoms with Crippen molar-refractivity contribution in [2.45, 2.75) is 133 Å². The van der Waals surface area contributed by atoms with Gasteiger partial charge in [-0.15, -0.1) is 0 Å². The molecule has 4 rings (SSSR count). The molecule has 30 heavy (non-hydrogen) atoms. The maximum absolute atomic E-state index is 6.34. The summed E-state index contributed by atoms with van der Waals surface area (Å²) in [5.74, 6) is 4.06. The third kappa shape index (κ3) is 5.03. The van der Waals surface area contributed by atoms with E-state index in [4.69, 9.17) is 4.74 Å². The van der Waals surface area contributed by atoms with E-state index in [0.29, 0.717) is 0 Å². The van der Waals surface area contributed by atoms with E-state index in [2.05, 4.69) is 43.9 Å². The summed E-state index contributed by atoms with van der Waals surface area (Å²) in [6, 6.07) is 9.01. The molecule has 1 aromatic rings. The van der Waals surface area contributed by atoms with Crippen LogP contribution < -0.4 is 4.74 Å². The van der Waals surface area contributed by atoms with E-state index in [1.54, 1.807) is 0 Å². The Bertz CT molecular complexity index is 651. The first kappa shape index (κ1) is 22.5. The van der Waals surface area contributed by atoms with E-state index >= 15 is 0 Å². The summed E-state index contributed by atoms with van der Waals surface area (Å²) in [6.45, 7) is 3.12. The Balaban J connectivity index is 1.85. The lowest BCUT2D eigenvalue weighted by atomic mass is 9.99. The van der Waals surface area contributed by atoms with Crippen LogP contribution in [0.1, 0.15) is 116 Å². The molecule has 2 heteroatoms. The van der Waals surface area contributed by atoms with Gasteiger partial charge in [0.25, 0.3) is 0 Å². The van der Waals surface area contributed by atoms with Crippen molar-refractivity contribution in [1.82, 2.24) is 0 Å². The number of rotatable bonds is 6. The van der Waals surface area contributed by atoms with Crippen molar-refractivity contribution in [3.63, 3.8) is 0 Å². The van der Waals surface area contributed by atoms with Gasteiger partial charge >= 0.3 is 0 Å². The fraction of sp³-hybridized carbons (Fsp3) is 0.750. The molecule has 0 aromatic heterocycles. The highest BCUT2D eigenvalue weighted by Crippen LogP contribution is 2.69. The molecule has 0 saturated heterocycles. The monoisotopic (exact) mass is 428 g/mol. The van der Waals surface area contributed by atoms with Gasteiger partial charge in [0.05, 0.1) is 6.10 Å². The predicted molar refractivity (Wildman–Crippen MR) is 135 cm³/mol. The molecule has 0 N–H and O–H groups in total. The molecule has 1 aromatic carbocycles. The molecule has 0 radical (unpaired) electrons. The molecular weight excluding hydrogens is 383 g/mol. The summed E-state index contributed by atoms with van der Waals surface area (Å²) in [4.78, 5) is 0. The Morgan fingerprint density at radius 3 is 1.57 bits per heavy atom. The summed E-state index contributed by atoms with van der Waals surface area (Å²) in [5, 5.41) is 0. The number of para-hydroxylation sites is 1. The van der Waals surface area contributed by atoms with Crippen molar-refractivity contribution in [2.24, 2.45) is 0 Å². The van der Waals surface area contributed by atoms with Crippen molar-refractivity contribution < 1.29 is 4.74 Å². The molecule has 168 valence electrons. The molecular formula is C28H45OP. The zero-order chi connectivity index (χ0) is 20.8. The molecule has 0 spiro atoms. The fourth-order valence-corrected chi connectivity index (χ4v) is 13.9. The van der Waals surface area contributed by atoms with Crippen molar-refractivity contribution in [1.29, 1.82) is 0 Å². The Morgan fingerprint density at radius 1 is 0.700 bits per heavy atom. The molecule has 0 bridgehead atoms. The Morgan fingerprint density at radius 2 is 1.13 bits per heavy atom. The Kier molecular flexibility index (Phi) is 8.07. The molecule has 3 aliphatic rings. The van der Waals surface area contributed by atoms with Crippen LogP contribution in [0.4, 0.5) is 0 Å². The lowest BCUT2D eigenvalue weighted by Crippen LogP contribution is -2.33. The first-order valence-corrected chi connectivity index (χ1v) is 15.3. The van der Waals surface area contributed by atoms with E-state index in [-0.39, 0.29) is 6.10 Å². The van der Waals surface area contributed by atoms with Crippen molar-refractivity contribution >= 4 is 12.7 Å². The molecule has 3 aliphatic carbocycles. The minimum absolute atomic E-state index is 0.242. The van der Waals surface area contributed by atoms with Gasteiger partial charge in [-0.25, -0.2) is 0 Å². The third-order valence-electron chi connectivity index (χ3n) is 8.27. The maximum Gasteiger partial charge on any atom is 0.126 e. The molecule has 3 saturated carbocycles. The van der Waals surface area contributed by atoms with Crippen LogP contribution in [-0.4, -0.2) is 28.9 Å². The molecule has 0 aliphatic heterocycles. The van der Waals surface area contributed by atoms with Crippen LogP contribution in [0.15, 0.2) is 24.3 Å². The number of benzene rings is 1. The molecule has 0 atom stereocenters. The normalized spacial score (nSPS) is 22.9. The van der Waals surface area contributed by atoms with Gasteiger partial charge in [-0.2, -0.15) is 0 Å². The molecule has 1 nitrogen and oxygen atoms in total. The summed E-state index contributed by atoms with van der Waals surface area (Å²) in [6.07, 6.45) is 22.5. The van der Waals surface area contributed by atoms with E-state index < -0.39 is 6.89 Å². The molecule has 0 amide bonds. The largest absolute Gasteiger partial charge is 0.490 e. The van der Waals surface area contributed by atoms with Crippen LogP contribution in [0.5, 0.6) is 5.75 Å². The zero-order valence-electron chi connectivity index (χ0n) is 19.7. The van der Waals surface area contributed by atoms with Crippen molar-refractivity contribution in [3.8, 4) is 5.75 Å². The topological polar surface area (TPSA) is 9.23 Å². The fourth-order valence-electron chi connectivity index (χ4n) is 6.98. The highest BCUT2D eigenvalue weighted by atomic mass is 31.2. The summed E-state index contributed by atoms with van der Waals surface area (Å²) in [7, 11) is 0. The van der Waals surface area contributed by atoms with E-state index in [9.17, 15) is 0 Å². The molecule has 0 unspecified atom stereocenters. The SMILES string of the molecule is CC(C)Oc1ccccc1C=P(C1CCCCC1)(C1CCCCC1)C1CCCCC1. The van der Waals surface area contributed by atoms with Gasteiger partial charge in [0.1, 0.15) is 5.75 Å². The molecule has 3 fully saturated rings. The van der Waals surface area contributed by atoms with Crippen LogP contribution >= 0.6 is 6.89 Å². The lowest BCUT2D eigenvalue weighted by Gasteiger charge is -2.50. The second kappa shape index (κ2) is 10.8. The number of hydrogen-bond acceptors (Lipinski definition) is 1. The summed E-state index contributed by atoms with van der Waals surface area (Å²) >= 11 is 0. The van der Waals surface area contributed by atoms with Gasteiger partial charge in [0.2, 0.25) is 0 Å². The average Bonchev–Trinajstić information content (AvgIpc) is 2.80. The van der Waals surface area contributed by atoms with E-state index in [0.717, 1.165) is 22.7 Å². The van der Waals surface area contributed by atoms with Gasteiger partial charge in [-0.05, 0) is 75.4 Å². The van der Waals surface area contributed by atoms with Gasteiger partial charge in [0, 0.05) is 5.56 Å².